The highest BCUT2D eigenvalue weighted by Crippen LogP contribution is 2.13. The van der Waals surface area contributed by atoms with Gasteiger partial charge in [0, 0.05) is 38.8 Å². The fraction of sp³-hybridized carbons (Fsp3) is 0.682. The summed E-state index contributed by atoms with van der Waals surface area (Å²) in [5.74, 6) is 1.78. The monoisotopic (exact) mass is 517 g/mol. The number of aryl methyl sites for hydroxylation is 1. The van der Waals surface area contributed by atoms with Crippen LogP contribution in [0.25, 0.3) is 0 Å². The van der Waals surface area contributed by atoms with E-state index in [1.807, 2.05) is 12.1 Å². The second-order valence-corrected chi connectivity index (χ2v) is 7.66. The summed E-state index contributed by atoms with van der Waals surface area (Å²) in [5.41, 5.74) is 1.21. The van der Waals surface area contributed by atoms with E-state index in [4.69, 9.17) is 9.73 Å². The molecule has 1 heterocycles. The molecule has 6 nitrogen and oxygen atoms in total. The Morgan fingerprint density at radius 2 is 1.86 bits per heavy atom. The molecule has 0 amide bonds. The molecule has 1 saturated heterocycles. The van der Waals surface area contributed by atoms with Gasteiger partial charge in [-0.25, -0.2) is 0 Å². The molecule has 0 saturated carbocycles. The van der Waals surface area contributed by atoms with Crippen LogP contribution in [0.15, 0.2) is 29.3 Å². The topological polar surface area (TPSA) is 52.1 Å². The molecule has 7 heteroatoms. The van der Waals surface area contributed by atoms with Crippen molar-refractivity contribution < 1.29 is 4.74 Å². The lowest BCUT2D eigenvalue weighted by molar-refractivity contribution is 0.109. The van der Waals surface area contributed by atoms with E-state index in [1.54, 1.807) is 0 Å². The summed E-state index contributed by atoms with van der Waals surface area (Å²) in [5, 5.41) is 6.76. The number of nitrogens with one attached hydrogen (secondary N) is 2. The second kappa shape index (κ2) is 14.0. The predicted molar refractivity (Wildman–Crippen MR) is 134 cm³/mol. The number of guanidine groups is 1. The average Bonchev–Trinajstić information content (AvgIpc) is 2.70. The number of hydrogen-bond donors (Lipinski definition) is 2. The van der Waals surface area contributed by atoms with E-state index in [2.05, 4.69) is 67.2 Å². The van der Waals surface area contributed by atoms with Gasteiger partial charge >= 0.3 is 0 Å². The maximum atomic E-state index is 6.01. The molecule has 1 aliphatic heterocycles. The second-order valence-electron chi connectivity index (χ2n) is 7.66. The van der Waals surface area contributed by atoms with Gasteiger partial charge in [0.25, 0.3) is 0 Å². The van der Waals surface area contributed by atoms with Crippen LogP contribution < -0.4 is 15.4 Å². The standard InChI is InChI=1S/C22H39N5O.HI/c1-6-23-22(24-16-19(4)27-13-11-26(7-2)12-14-27)25-17-20(5)28-21-10-8-9-18(3)15-21;/h8-10,15,19-20H,6-7,11-14,16-17H2,1-5H3,(H2,23,24,25);1H. The number of aliphatic imine (C=N–C) groups is 1. The third kappa shape index (κ3) is 9.53. The Labute approximate surface area is 194 Å². The Morgan fingerprint density at radius 3 is 2.48 bits per heavy atom. The number of benzene rings is 1. The first-order valence-corrected chi connectivity index (χ1v) is 10.7. The third-order valence-electron chi connectivity index (χ3n) is 5.22. The van der Waals surface area contributed by atoms with E-state index in [0.717, 1.165) is 57.5 Å². The van der Waals surface area contributed by atoms with Crippen LogP contribution in [0.4, 0.5) is 0 Å². The number of nitrogens with zero attached hydrogens (tertiary/aromatic N) is 3. The van der Waals surface area contributed by atoms with Crippen LogP contribution >= 0.6 is 24.0 Å². The van der Waals surface area contributed by atoms with Crippen LogP contribution in [0.3, 0.4) is 0 Å². The molecule has 0 spiro atoms. The molecule has 0 aromatic heterocycles. The number of piperazine rings is 1. The van der Waals surface area contributed by atoms with Crippen molar-refractivity contribution in [3.63, 3.8) is 0 Å². The first-order valence-electron chi connectivity index (χ1n) is 10.7. The van der Waals surface area contributed by atoms with Crippen LogP contribution in [-0.4, -0.2) is 80.3 Å². The maximum absolute atomic E-state index is 6.01. The zero-order valence-corrected chi connectivity index (χ0v) is 21.1. The lowest BCUT2D eigenvalue weighted by Gasteiger charge is -2.37. The van der Waals surface area contributed by atoms with Crippen molar-refractivity contribution in [1.29, 1.82) is 0 Å². The van der Waals surface area contributed by atoms with Gasteiger partial charge in [-0.2, -0.15) is 0 Å². The molecule has 1 aromatic carbocycles. The fourth-order valence-electron chi connectivity index (χ4n) is 3.40. The minimum atomic E-state index is 0. The quantitative estimate of drug-likeness (QED) is 0.300. The summed E-state index contributed by atoms with van der Waals surface area (Å²) >= 11 is 0. The molecule has 29 heavy (non-hydrogen) atoms. The van der Waals surface area contributed by atoms with E-state index in [1.165, 1.54) is 5.56 Å². The van der Waals surface area contributed by atoms with E-state index < -0.39 is 0 Å². The molecular formula is C22H40IN5O. The minimum Gasteiger partial charge on any atom is -0.489 e. The molecule has 2 unspecified atom stereocenters. The molecule has 2 N–H and O–H groups in total. The molecule has 0 aliphatic carbocycles. The van der Waals surface area contributed by atoms with Gasteiger partial charge in [0.2, 0.25) is 0 Å². The highest BCUT2D eigenvalue weighted by Gasteiger charge is 2.20. The zero-order chi connectivity index (χ0) is 20.4. The zero-order valence-electron chi connectivity index (χ0n) is 18.8. The minimum absolute atomic E-state index is 0. The van der Waals surface area contributed by atoms with Crippen LogP contribution in [-0.2, 0) is 0 Å². The molecule has 1 fully saturated rings. The Kier molecular flexibility index (Phi) is 12.6. The number of rotatable bonds is 9. The maximum Gasteiger partial charge on any atom is 0.191 e. The van der Waals surface area contributed by atoms with Crippen molar-refractivity contribution in [1.82, 2.24) is 20.4 Å². The largest absolute Gasteiger partial charge is 0.489 e. The summed E-state index contributed by atoms with van der Waals surface area (Å²) in [4.78, 5) is 9.86. The van der Waals surface area contributed by atoms with Crippen LogP contribution in [0.2, 0.25) is 0 Å². The summed E-state index contributed by atoms with van der Waals surface area (Å²) in [6, 6.07) is 8.63. The lowest BCUT2D eigenvalue weighted by atomic mass is 10.2. The van der Waals surface area contributed by atoms with Crippen molar-refractivity contribution in [2.45, 2.75) is 46.8 Å². The fourth-order valence-corrected chi connectivity index (χ4v) is 3.40. The Hall–Kier alpha value is -1.06. The summed E-state index contributed by atoms with van der Waals surface area (Å²) in [6.07, 6.45) is 0.0604. The van der Waals surface area contributed by atoms with Gasteiger partial charge in [-0.3, -0.25) is 9.89 Å². The molecule has 1 aliphatic rings. The van der Waals surface area contributed by atoms with E-state index >= 15 is 0 Å². The van der Waals surface area contributed by atoms with Crippen LogP contribution in [0.1, 0.15) is 33.3 Å². The summed E-state index contributed by atoms with van der Waals surface area (Å²) in [6.45, 7) is 18.9. The van der Waals surface area contributed by atoms with Crippen LogP contribution in [0.5, 0.6) is 5.75 Å². The lowest BCUT2D eigenvalue weighted by Crippen LogP contribution is -2.50. The van der Waals surface area contributed by atoms with Crippen molar-refractivity contribution in [2.24, 2.45) is 4.99 Å². The molecule has 166 valence electrons. The van der Waals surface area contributed by atoms with E-state index in [0.29, 0.717) is 12.6 Å². The molecule has 0 radical (unpaired) electrons. The first kappa shape index (κ1) is 26.0. The van der Waals surface area contributed by atoms with E-state index in [-0.39, 0.29) is 30.1 Å². The van der Waals surface area contributed by atoms with Gasteiger partial charge in [-0.15, -0.1) is 24.0 Å². The van der Waals surface area contributed by atoms with Gasteiger partial charge in [0.05, 0.1) is 13.1 Å². The van der Waals surface area contributed by atoms with Gasteiger partial charge in [-0.1, -0.05) is 19.1 Å². The average molecular weight is 518 g/mol. The van der Waals surface area contributed by atoms with Crippen molar-refractivity contribution >= 4 is 29.9 Å². The van der Waals surface area contributed by atoms with Crippen molar-refractivity contribution in [3.8, 4) is 5.75 Å². The van der Waals surface area contributed by atoms with Crippen molar-refractivity contribution in [2.75, 3.05) is 52.4 Å². The summed E-state index contributed by atoms with van der Waals surface area (Å²) < 4.78 is 6.01. The van der Waals surface area contributed by atoms with Crippen LogP contribution in [0, 0.1) is 6.92 Å². The molecule has 2 rings (SSSR count). The number of ether oxygens (including phenoxy) is 1. The number of halogens is 1. The third-order valence-corrected chi connectivity index (χ3v) is 5.22. The summed E-state index contributed by atoms with van der Waals surface area (Å²) in [7, 11) is 0. The highest BCUT2D eigenvalue weighted by molar-refractivity contribution is 14.0. The van der Waals surface area contributed by atoms with Crippen molar-refractivity contribution in [3.05, 3.63) is 29.8 Å². The van der Waals surface area contributed by atoms with Gasteiger partial charge in [0.1, 0.15) is 11.9 Å². The SMILES string of the molecule is CCNC(=NCC(C)N1CCN(CC)CC1)NCC(C)Oc1cccc(C)c1.I. The van der Waals surface area contributed by atoms with Gasteiger partial charge < -0.3 is 20.3 Å². The molecule has 2 atom stereocenters. The van der Waals surface area contributed by atoms with Gasteiger partial charge in [0.15, 0.2) is 5.96 Å². The Morgan fingerprint density at radius 1 is 1.14 bits per heavy atom. The Balaban J connectivity index is 0.00000420. The molecule has 0 bridgehead atoms. The predicted octanol–water partition coefficient (Wildman–Crippen LogP) is 2.96. The Bertz CT molecular complexity index is 605. The first-order chi connectivity index (χ1) is 13.5. The number of likely N-dealkylation sites (N-methyl/N-ethyl adjacent to an activating group) is 1. The smallest absolute Gasteiger partial charge is 0.191 e. The molecular weight excluding hydrogens is 477 g/mol. The highest BCUT2D eigenvalue weighted by atomic mass is 127. The number of hydrogen-bond acceptors (Lipinski definition) is 4. The van der Waals surface area contributed by atoms with Gasteiger partial charge in [-0.05, 0) is 51.9 Å². The normalized spacial score (nSPS) is 17.9. The molecule has 1 aromatic rings. The van der Waals surface area contributed by atoms with E-state index in [9.17, 15) is 0 Å².